The van der Waals surface area contributed by atoms with Crippen LogP contribution in [0.5, 0.6) is 0 Å². The van der Waals surface area contributed by atoms with Crippen LogP contribution in [0.1, 0.15) is 298 Å². The molecule has 0 aliphatic carbocycles. The molecule has 71 heavy (non-hydrogen) atoms. The highest BCUT2D eigenvalue weighted by molar-refractivity contribution is 5.74. The Morgan fingerprint density at radius 3 is 0.944 bits per heavy atom. The van der Waals surface area contributed by atoms with Crippen LogP contribution in [0, 0.1) is 5.92 Å². The second-order valence-corrected chi connectivity index (χ2v) is 22.6. The van der Waals surface area contributed by atoms with Gasteiger partial charge in [-0.3, -0.25) is 14.5 Å². The number of ether oxygens (including phenoxy) is 2. The molecule has 0 radical (unpaired) electrons. The van der Waals surface area contributed by atoms with Gasteiger partial charge in [0, 0.05) is 39.3 Å². The van der Waals surface area contributed by atoms with Crippen LogP contribution in [-0.2, 0) is 19.1 Å². The molecule has 0 aliphatic heterocycles. The lowest BCUT2D eigenvalue weighted by Gasteiger charge is -2.28. The van der Waals surface area contributed by atoms with E-state index in [4.69, 9.17) is 9.47 Å². The van der Waals surface area contributed by atoms with E-state index in [1.807, 2.05) is 0 Å². The molecule has 0 aromatic rings. The van der Waals surface area contributed by atoms with Gasteiger partial charge in [0.05, 0.1) is 50.0 Å². The van der Waals surface area contributed by atoms with Crippen LogP contribution in [0.25, 0.3) is 0 Å². The lowest BCUT2D eigenvalue weighted by Crippen LogP contribution is -2.39. The molecular weight excluding hydrogens is 889 g/mol. The third-order valence-corrected chi connectivity index (χ3v) is 14.5. The van der Waals surface area contributed by atoms with Crippen molar-refractivity contribution >= 4 is 11.9 Å². The van der Waals surface area contributed by atoms with E-state index in [1.165, 1.54) is 187 Å². The van der Waals surface area contributed by atoms with Crippen molar-refractivity contribution in [3.05, 3.63) is 0 Å². The smallest absolute Gasteiger partial charge is 0.308 e. The van der Waals surface area contributed by atoms with E-state index < -0.39 is 29.7 Å². The summed E-state index contributed by atoms with van der Waals surface area (Å²) < 4.78 is 11.1. The van der Waals surface area contributed by atoms with Crippen LogP contribution in [0.3, 0.4) is 0 Å². The Kier molecular flexibility index (Phi) is 49.9. The first-order chi connectivity index (χ1) is 34.3. The fourth-order valence-corrected chi connectivity index (χ4v) is 10.1. The van der Waals surface area contributed by atoms with Crippen LogP contribution in [-0.4, -0.2) is 119 Å². The van der Waals surface area contributed by atoms with Crippen molar-refractivity contribution in [2.75, 3.05) is 52.5 Å². The molecule has 0 amide bonds. The Balaban J connectivity index is 4.94. The van der Waals surface area contributed by atoms with E-state index in [2.05, 4.69) is 44.4 Å². The second kappa shape index (κ2) is 50.8. The molecule has 0 aliphatic rings. The molecule has 0 spiro atoms. The van der Waals surface area contributed by atoms with Crippen molar-refractivity contribution in [3.63, 3.8) is 0 Å². The number of hydrogen-bond donors (Lipinski definition) is 4. The monoisotopic (exact) mass is 1010 g/mol. The molecule has 5 atom stereocenters. The van der Waals surface area contributed by atoms with E-state index in [0.717, 1.165) is 64.5 Å². The summed E-state index contributed by atoms with van der Waals surface area (Å²) >= 11 is 0. The summed E-state index contributed by atoms with van der Waals surface area (Å²) in [4.78, 5) is 30.2. The Bertz CT molecular complexity index is 1000. The Morgan fingerprint density at radius 1 is 0.394 bits per heavy atom. The second-order valence-electron chi connectivity index (χ2n) is 22.6. The van der Waals surface area contributed by atoms with Crippen molar-refractivity contribution < 1.29 is 39.5 Å². The maximum atomic E-state index is 12.9. The molecule has 0 saturated heterocycles. The zero-order chi connectivity index (χ0) is 52.5. The highest BCUT2D eigenvalue weighted by Crippen LogP contribution is 2.20. The summed E-state index contributed by atoms with van der Waals surface area (Å²) in [5, 5.41) is 44.1. The molecule has 0 bridgehead atoms. The summed E-state index contributed by atoms with van der Waals surface area (Å²) in [6.07, 6.45) is 42.7. The normalized spacial score (nSPS) is 14.5. The molecule has 0 saturated carbocycles. The lowest BCUT2D eigenvalue weighted by molar-refractivity contribution is -0.154. The molecule has 0 aromatic heterocycles. The van der Waals surface area contributed by atoms with Gasteiger partial charge in [0.1, 0.15) is 0 Å². The number of aliphatic hydroxyl groups is 4. The van der Waals surface area contributed by atoms with E-state index in [-0.39, 0.29) is 32.2 Å². The van der Waals surface area contributed by atoms with Gasteiger partial charge in [0.15, 0.2) is 0 Å². The first-order valence-corrected chi connectivity index (χ1v) is 30.9. The highest BCUT2D eigenvalue weighted by atomic mass is 16.5. The van der Waals surface area contributed by atoms with Crippen LogP contribution < -0.4 is 0 Å². The van der Waals surface area contributed by atoms with Crippen LogP contribution in [0.4, 0.5) is 0 Å². The molecular formula is C61H122N2O8. The summed E-state index contributed by atoms with van der Waals surface area (Å²) in [5.74, 6) is -0.591. The fraction of sp³-hybridized carbons (Fsp3) is 0.967. The van der Waals surface area contributed by atoms with Gasteiger partial charge in [-0.05, 0) is 51.4 Å². The number of hydrogen-bond acceptors (Lipinski definition) is 10. The number of aliphatic hydroxyl groups excluding tert-OH is 3. The Labute approximate surface area is 440 Å². The average Bonchev–Trinajstić information content (AvgIpc) is 3.32. The maximum Gasteiger partial charge on any atom is 0.308 e. The minimum Gasteiger partial charge on any atom is -0.466 e. The van der Waals surface area contributed by atoms with Gasteiger partial charge in [0.25, 0.3) is 0 Å². The summed E-state index contributed by atoms with van der Waals surface area (Å²) in [7, 11) is 0. The number of carbonyl (C=O) groups is 2. The summed E-state index contributed by atoms with van der Waals surface area (Å²) in [6, 6.07) is 0. The molecule has 5 unspecified atom stereocenters. The molecule has 0 rings (SSSR count). The SMILES string of the molecule is CCCCCCCCCCC(C)CN(CCCOC(=O)CC(C)(O)CC(=O)OCCCN(CC(O)CCCCCCCCCC)CC(O)CCCCCCCCCC)CC(O)CCCCCCCCCC. The Hall–Kier alpha value is -1.30. The largest absolute Gasteiger partial charge is 0.466 e. The zero-order valence-corrected chi connectivity index (χ0v) is 48.1. The Morgan fingerprint density at radius 2 is 0.648 bits per heavy atom. The zero-order valence-electron chi connectivity index (χ0n) is 48.1. The van der Waals surface area contributed by atoms with Crippen molar-refractivity contribution in [3.8, 4) is 0 Å². The fourth-order valence-electron chi connectivity index (χ4n) is 10.1. The van der Waals surface area contributed by atoms with Gasteiger partial charge < -0.3 is 34.8 Å². The van der Waals surface area contributed by atoms with Crippen molar-refractivity contribution in [2.24, 2.45) is 5.92 Å². The van der Waals surface area contributed by atoms with Crippen LogP contribution >= 0.6 is 0 Å². The predicted octanol–water partition coefficient (Wildman–Crippen LogP) is 14.8. The number of nitrogens with zero attached hydrogens (tertiary/aromatic N) is 2. The molecule has 4 N–H and O–H groups in total. The molecule has 0 heterocycles. The van der Waals surface area contributed by atoms with Gasteiger partial charge in [-0.2, -0.15) is 0 Å². The number of rotatable bonds is 56. The summed E-state index contributed by atoms with van der Waals surface area (Å²) in [5.41, 5.74) is -1.60. The van der Waals surface area contributed by atoms with Gasteiger partial charge in [0.2, 0.25) is 0 Å². The first kappa shape index (κ1) is 69.7. The maximum absolute atomic E-state index is 12.9. The van der Waals surface area contributed by atoms with Crippen molar-refractivity contribution in [1.82, 2.24) is 9.80 Å². The predicted molar refractivity (Wildman–Crippen MR) is 300 cm³/mol. The summed E-state index contributed by atoms with van der Waals surface area (Å²) in [6.45, 7) is 17.0. The topological polar surface area (TPSA) is 140 Å². The molecule has 0 fully saturated rings. The van der Waals surface area contributed by atoms with E-state index in [0.29, 0.717) is 44.9 Å². The molecule has 424 valence electrons. The lowest BCUT2D eigenvalue weighted by atomic mass is 9.98. The third-order valence-electron chi connectivity index (χ3n) is 14.5. The number of carbonyl (C=O) groups excluding carboxylic acids is 2. The van der Waals surface area contributed by atoms with Gasteiger partial charge in [-0.25, -0.2) is 0 Å². The number of unbranched alkanes of at least 4 members (excludes halogenated alkanes) is 28. The average molecular weight is 1010 g/mol. The van der Waals surface area contributed by atoms with Crippen LogP contribution in [0.15, 0.2) is 0 Å². The minimum absolute atomic E-state index is 0.153. The highest BCUT2D eigenvalue weighted by Gasteiger charge is 2.29. The standard InChI is InChI=1S/C61H122N2O8/c1-7-11-15-19-23-27-31-35-41-55(5)51-62(52-56(64)42-36-32-28-24-20-16-12-8-2)45-39-47-70-59(67)49-61(6,69)50-60(68)71-48-40-46-63(53-57(65)43-37-33-29-25-21-17-13-9-3)54-58(66)44-38-34-30-26-22-18-14-10-4/h55-58,64-66,69H,7-54H2,1-6H3. The van der Waals surface area contributed by atoms with Gasteiger partial charge in [-0.15, -0.1) is 0 Å². The van der Waals surface area contributed by atoms with Gasteiger partial charge >= 0.3 is 11.9 Å². The first-order valence-electron chi connectivity index (χ1n) is 30.9. The van der Waals surface area contributed by atoms with Gasteiger partial charge in [-0.1, -0.05) is 240 Å². The third kappa shape index (κ3) is 49.3. The number of esters is 2. The van der Waals surface area contributed by atoms with E-state index in [1.54, 1.807) is 0 Å². The van der Waals surface area contributed by atoms with E-state index >= 15 is 0 Å². The van der Waals surface area contributed by atoms with Crippen molar-refractivity contribution in [2.45, 2.75) is 322 Å². The quantitative estimate of drug-likeness (QED) is 0.0344. The van der Waals surface area contributed by atoms with E-state index in [9.17, 15) is 30.0 Å². The van der Waals surface area contributed by atoms with Crippen LogP contribution in [0.2, 0.25) is 0 Å². The minimum atomic E-state index is -1.60. The molecule has 10 nitrogen and oxygen atoms in total. The van der Waals surface area contributed by atoms with Crippen molar-refractivity contribution in [1.29, 1.82) is 0 Å². The molecule has 10 heteroatoms. The molecule has 0 aromatic carbocycles.